The average molecular weight is 300 g/mol. The molecule has 0 aliphatic heterocycles. The van der Waals surface area contributed by atoms with Crippen molar-refractivity contribution in [2.45, 2.75) is 32.4 Å². The fourth-order valence-corrected chi connectivity index (χ4v) is 1.84. The van der Waals surface area contributed by atoms with Crippen LogP contribution in [0.5, 0.6) is 0 Å². The van der Waals surface area contributed by atoms with Gasteiger partial charge in [-0.15, -0.1) is 0 Å². The molecule has 0 aromatic heterocycles. The van der Waals surface area contributed by atoms with E-state index >= 15 is 0 Å². The third kappa shape index (κ3) is 5.11. The smallest absolute Gasteiger partial charge is 0.303 e. The number of carboxylic acid groups (broad SMARTS) is 1. The second-order valence-corrected chi connectivity index (χ2v) is 4.64. The first kappa shape index (κ1) is 17.0. The van der Waals surface area contributed by atoms with Crippen molar-refractivity contribution in [2.75, 3.05) is 6.54 Å². The van der Waals surface area contributed by atoms with E-state index in [4.69, 9.17) is 10.8 Å². The molecular weight excluding hydrogens is 282 g/mol. The molecule has 3 N–H and O–H groups in total. The molecule has 0 aliphatic carbocycles. The number of carbonyl (C=O) groups excluding carboxylic acids is 1. The number of carbonyl (C=O) groups is 2. The molecule has 0 spiro atoms. The zero-order chi connectivity index (χ0) is 16.0. The third-order valence-electron chi connectivity index (χ3n) is 3.04. The first-order valence-electron chi connectivity index (χ1n) is 6.55. The molecule has 5 nitrogen and oxygen atoms in total. The van der Waals surface area contributed by atoms with Gasteiger partial charge in [-0.25, -0.2) is 8.78 Å². The van der Waals surface area contributed by atoms with Crippen LogP contribution in [0.1, 0.15) is 25.3 Å². The Labute approximate surface area is 121 Å². The molecule has 1 atom stereocenters. The van der Waals surface area contributed by atoms with Crippen molar-refractivity contribution in [1.82, 2.24) is 4.90 Å². The molecule has 0 bridgehead atoms. The second kappa shape index (κ2) is 7.68. The predicted molar refractivity (Wildman–Crippen MR) is 72.3 cm³/mol. The number of likely N-dealkylation sites (N-methyl/N-ethyl adjacent to an activating group) is 1. The van der Waals surface area contributed by atoms with Crippen molar-refractivity contribution in [3.8, 4) is 0 Å². The molecule has 0 radical (unpaired) electrons. The highest BCUT2D eigenvalue weighted by Crippen LogP contribution is 2.12. The van der Waals surface area contributed by atoms with Crippen LogP contribution in [0.2, 0.25) is 0 Å². The highest BCUT2D eigenvalue weighted by molar-refractivity contribution is 5.82. The molecule has 1 unspecified atom stereocenters. The predicted octanol–water partition coefficient (Wildman–Crippen LogP) is 1.51. The standard InChI is InChI=1S/C14H18F2N2O3/c1-2-18(14(21)12(17)5-6-13(19)20)8-9-3-4-10(15)11(16)7-9/h3-4,7,12H,2,5-6,8,17H2,1H3,(H,19,20). The van der Waals surface area contributed by atoms with Crippen molar-refractivity contribution in [3.63, 3.8) is 0 Å². The zero-order valence-corrected chi connectivity index (χ0v) is 11.7. The summed E-state index contributed by atoms with van der Waals surface area (Å²) < 4.78 is 26.0. The van der Waals surface area contributed by atoms with Crippen LogP contribution in [0, 0.1) is 11.6 Å². The summed E-state index contributed by atoms with van der Waals surface area (Å²) in [5.41, 5.74) is 6.10. The van der Waals surface area contributed by atoms with E-state index in [1.165, 1.54) is 11.0 Å². The van der Waals surface area contributed by atoms with Crippen LogP contribution in [0.25, 0.3) is 0 Å². The summed E-state index contributed by atoms with van der Waals surface area (Å²) in [5.74, 6) is -3.37. The fraction of sp³-hybridized carbons (Fsp3) is 0.429. The topological polar surface area (TPSA) is 83.6 Å². The Kier molecular flexibility index (Phi) is 6.23. The normalized spacial score (nSPS) is 12.0. The van der Waals surface area contributed by atoms with Crippen LogP contribution in [-0.2, 0) is 16.1 Å². The van der Waals surface area contributed by atoms with Crippen LogP contribution in [-0.4, -0.2) is 34.5 Å². The number of hydrogen-bond donors (Lipinski definition) is 2. The molecule has 21 heavy (non-hydrogen) atoms. The van der Waals surface area contributed by atoms with E-state index in [1.54, 1.807) is 6.92 Å². The lowest BCUT2D eigenvalue weighted by Gasteiger charge is -2.24. The Balaban J connectivity index is 2.70. The minimum atomic E-state index is -1.03. The van der Waals surface area contributed by atoms with E-state index in [1.807, 2.05) is 0 Å². The molecule has 0 heterocycles. The number of carboxylic acids is 1. The number of nitrogens with zero attached hydrogens (tertiary/aromatic N) is 1. The number of rotatable bonds is 7. The van der Waals surface area contributed by atoms with E-state index < -0.39 is 29.6 Å². The molecule has 1 aromatic rings. The van der Waals surface area contributed by atoms with E-state index in [9.17, 15) is 18.4 Å². The number of aliphatic carboxylic acids is 1. The number of nitrogens with two attached hydrogens (primary N) is 1. The SMILES string of the molecule is CCN(Cc1ccc(F)c(F)c1)C(=O)C(N)CCC(=O)O. The van der Waals surface area contributed by atoms with Gasteiger partial charge in [0.15, 0.2) is 11.6 Å². The van der Waals surface area contributed by atoms with Gasteiger partial charge in [-0.1, -0.05) is 6.07 Å². The highest BCUT2D eigenvalue weighted by Gasteiger charge is 2.21. The Bertz CT molecular complexity index is 523. The minimum Gasteiger partial charge on any atom is -0.481 e. The van der Waals surface area contributed by atoms with Crippen molar-refractivity contribution < 1.29 is 23.5 Å². The Morgan fingerprint density at radius 3 is 2.52 bits per heavy atom. The van der Waals surface area contributed by atoms with E-state index in [0.29, 0.717) is 12.1 Å². The lowest BCUT2D eigenvalue weighted by atomic mass is 10.1. The molecular formula is C14H18F2N2O3. The summed E-state index contributed by atoms with van der Waals surface area (Å²) in [5, 5.41) is 8.57. The van der Waals surface area contributed by atoms with Crippen molar-refractivity contribution in [2.24, 2.45) is 5.73 Å². The third-order valence-corrected chi connectivity index (χ3v) is 3.04. The molecule has 1 amide bonds. The number of amides is 1. The van der Waals surface area contributed by atoms with Crippen LogP contribution >= 0.6 is 0 Å². The summed E-state index contributed by atoms with van der Waals surface area (Å²) in [6.45, 7) is 2.15. The summed E-state index contributed by atoms with van der Waals surface area (Å²) >= 11 is 0. The van der Waals surface area contributed by atoms with Gasteiger partial charge in [0, 0.05) is 19.5 Å². The number of halogens is 2. The summed E-state index contributed by atoms with van der Waals surface area (Å²) in [6.07, 6.45) is -0.169. The molecule has 0 saturated heterocycles. The summed E-state index contributed by atoms with van der Waals surface area (Å²) in [7, 11) is 0. The second-order valence-electron chi connectivity index (χ2n) is 4.64. The average Bonchev–Trinajstić information content (AvgIpc) is 2.45. The van der Waals surface area contributed by atoms with Gasteiger partial charge in [0.25, 0.3) is 0 Å². The maximum Gasteiger partial charge on any atom is 0.303 e. The van der Waals surface area contributed by atoms with Gasteiger partial charge in [-0.05, 0) is 31.0 Å². The first-order chi connectivity index (χ1) is 9.85. The van der Waals surface area contributed by atoms with Gasteiger partial charge in [-0.2, -0.15) is 0 Å². The molecule has 116 valence electrons. The van der Waals surface area contributed by atoms with Gasteiger partial charge in [0.05, 0.1) is 6.04 Å². The summed E-state index contributed by atoms with van der Waals surface area (Å²) in [6, 6.07) is 2.48. The summed E-state index contributed by atoms with van der Waals surface area (Å²) in [4.78, 5) is 23.9. The molecule has 0 fully saturated rings. The monoisotopic (exact) mass is 300 g/mol. The Hall–Kier alpha value is -2.02. The van der Waals surface area contributed by atoms with Crippen molar-refractivity contribution in [1.29, 1.82) is 0 Å². The zero-order valence-electron chi connectivity index (χ0n) is 11.7. The van der Waals surface area contributed by atoms with E-state index in [0.717, 1.165) is 12.1 Å². The maximum atomic E-state index is 13.1. The van der Waals surface area contributed by atoms with Gasteiger partial charge < -0.3 is 15.7 Å². The van der Waals surface area contributed by atoms with Crippen molar-refractivity contribution in [3.05, 3.63) is 35.4 Å². The highest BCUT2D eigenvalue weighted by atomic mass is 19.2. The number of hydrogen-bond acceptors (Lipinski definition) is 3. The van der Waals surface area contributed by atoms with Gasteiger partial charge >= 0.3 is 5.97 Å². The Morgan fingerprint density at radius 1 is 1.33 bits per heavy atom. The molecule has 0 saturated carbocycles. The van der Waals surface area contributed by atoms with Crippen LogP contribution < -0.4 is 5.73 Å². The first-order valence-corrected chi connectivity index (χ1v) is 6.55. The van der Waals surface area contributed by atoms with Gasteiger partial charge in [0.1, 0.15) is 0 Å². The van der Waals surface area contributed by atoms with Crippen molar-refractivity contribution >= 4 is 11.9 Å². The molecule has 0 aliphatic rings. The minimum absolute atomic E-state index is 0.0302. The lowest BCUT2D eigenvalue weighted by Crippen LogP contribution is -2.43. The van der Waals surface area contributed by atoms with E-state index in [-0.39, 0.29) is 19.4 Å². The fourth-order valence-electron chi connectivity index (χ4n) is 1.84. The quantitative estimate of drug-likeness (QED) is 0.799. The molecule has 1 rings (SSSR count). The molecule has 1 aromatic carbocycles. The van der Waals surface area contributed by atoms with Crippen LogP contribution in [0.15, 0.2) is 18.2 Å². The largest absolute Gasteiger partial charge is 0.481 e. The maximum absolute atomic E-state index is 13.1. The lowest BCUT2D eigenvalue weighted by molar-refractivity contribution is -0.137. The van der Waals surface area contributed by atoms with Gasteiger partial charge in [-0.3, -0.25) is 9.59 Å². The number of benzene rings is 1. The van der Waals surface area contributed by atoms with Crippen LogP contribution in [0.3, 0.4) is 0 Å². The van der Waals surface area contributed by atoms with Crippen LogP contribution in [0.4, 0.5) is 8.78 Å². The molecule has 7 heteroatoms. The van der Waals surface area contributed by atoms with E-state index in [2.05, 4.69) is 0 Å². The Morgan fingerprint density at radius 2 is 2.00 bits per heavy atom. The van der Waals surface area contributed by atoms with Gasteiger partial charge in [0.2, 0.25) is 5.91 Å².